The molecule has 0 saturated heterocycles. The van der Waals surface area contributed by atoms with Crippen LogP contribution >= 0.6 is 0 Å². The highest BCUT2D eigenvalue weighted by Crippen LogP contribution is 2.40. The second-order valence-corrected chi connectivity index (χ2v) is 12.0. The Balaban J connectivity index is 1.31. The maximum atomic E-state index is 9.85. The second-order valence-electron chi connectivity index (χ2n) is 12.0. The average molecular weight is 649 g/mol. The van der Waals surface area contributed by atoms with Crippen molar-refractivity contribution >= 4 is 43.6 Å². The number of fused-ring (bicyclic) bond motifs is 6. The monoisotopic (exact) mass is 648 g/mol. The van der Waals surface area contributed by atoms with Crippen molar-refractivity contribution in [2.24, 2.45) is 0 Å². The van der Waals surface area contributed by atoms with E-state index in [1.807, 2.05) is 54.6 Å². The molecule has 0 N–H and O–H groups in total. The van der Waals surface area contributed by atoms with Crippen LogP contribution in [0.5, 0.6) is 0 Å². The summed E-state index contributed by atoms with van der Waals surface area (Å²) in [5.74, 6) is 0. The summed E-state index contributed by atoms with van der Waals surface area (Å²) >= 11 is 0. The minimum Gasteiger partial charge on any atom is -0.309 e. The largest absolute Gasteiger partial charge is 0.309 e. The summed E-state index contributed by atoms with van der Waals surface area (Å²) in [6.45, 7) is 0. The molecule has 0 radical (unpaired) electrons. The van der Waals surface area contributed by atoms with Gasteiger partial charge in [0.1, 0.15) is 0 Å². The molecule has 0 amide bonds. The van der Waals surface area contributed by atoms with Crippen LogP contribution in [0.15, 0.2) is 194 Å². The van der Waals surface area contributed by atoms with Crippen LogP contribution in [0.25, 0.3) is 88.4 Å². The smallest absolute Gasteiger partial charge is 0.0645 e. The molecule has 0 aliphatic rings. The summed E-state index contributed by atoms with van der Waals surface area (Å²) in [4.78, 5) is 0. The molecule has 0 atom stereocenters. The molecular formula is C48H32N2. The molecule has 234 valence electrons. The van der Waals surface area contributed by atoms with Crippen molar-refractivity contribution in [3.8, 4) is 44.8 Å². The van der Waals surface area contributed by atoms with Crippen LogP contribution in [-0.2, 0) is 0 Å². The lowest BCUT2D eigenvalue weighted by Gasteiger charge is -2.14. The Morgan fingerprint density at radius 3 is 1.96 bits per heavy atom. The van der Waals surface area contributed by atoms with Crippen molar-refractivity contribution in [2.75, 3.05) is 0 Å². The lowest BCUT2D eigenvalue weighted by molar-refractivity contribution is 1.18. The molecule has 0 saturated carbocycles. The van der Waals surface area contributed by atoms with Gasteiger partial charge >= 0.3 is 0 Å². The first-order valence-electron chi connectivity index (χ1n) is 22.2. The molecule has 2 heteroatoms. The van der Waals surface area contributed by atoms with Gasteiger partial charge in [0, 0.05) is 32.8 Å². The van der Waals surface area contributed by atoms with E-state index in [0.29, 0.717) is 22.3 Å². The SMILES string of the molecule is [2H]c1cc([2H])c2c3c([2H])c(-c4c([2H])cc5c(c4[2H])c4c([2H])c([2H])c([2H])cc4n5-c4cc(-c5ccccc5[2H])ccc4[2H])c([2H])c([2H])c3n(-c3ccccc3-c3ccccc3)c2c1. The molecule has 0 unspecified atom stereocenters. The lowest BCUT2D eigenvalue weighted by Crippen LogP contribution is -1.97. The molecular weight excluding hydrogens is 605 g/mol. The van der Waals surface area contributed by atoms with Gasteiger partial charge in [-0.2, -0.15) is 0 Å². The Hall–Kier alpha value is -6.64. The van der Waals surface area contributed by atoms with E-state index in [0.717, 1.165) is 11.1 Å². The highest BCUT2D eigenvalue weighted by atomic mass is 15.0. The Bertz CT molecular complexity index is 3560. The van der Waals surface area contributed by atoms with E-state index in [1.165, 1.54) is 18.2 Å². The first-order valence-corrected chi connectivity index (χ1v) is 16.2. The van der Waals surface area contributed by atoms with Crippen molar-refractivity contribution in [3.63, 3.8) is 0 Å². The zero-order chi connectivity index (χ0) is 43.5. The first kappa shape index (κ1) is 18.8. The predicted molar refractivity (Wildman–Crippen MR) is 211 cm³/mol. The minimum atomic E-state index is -0.442. The topological polar surface area (TPSA) is 9.86 Å². The van der Waals surface area contributed by atoms with Gasteiger partial charge in [0.2, 0.25) is 0 Å². The van der Waals surface area contributed by atoms with E-state index in [4.69, 9.17) is 9.60 Å². The van der Waals surface area contributed by atoms with Gasteiger partial charge in [-0.3, -0.25) is 0 Å². The van der Waals surface area contributed by atoms with Crippen LogP contribution in [0.4, 0.5) is 0 Å². The maximum Gasteiger partial charge on any atom is 0.0645 e. The first-order chi connectivity index (χ1) is 29.8. The van der Waals surface area contributed by atoms with E-state index in [-0.39, 0.29) is 115 Å². The Labute approximate surface area is 307 Å². The second kappa shape index (κ2) is 11.5. The molecule has 10 aromatic rings. The molecule has 0 aliphatic carbocycles. The van der Waals surface area contributed by atoms with Gasteiger partial charge in [0.15, 0.2) is 0 Å². The summed E-state index contributed by atoms with van der Waals surface area (Å²) in [5.41, 5.74) is 4.37. The minimum absolute atomic E-state index is 0.0398. The van der Waals surface area contributed by atoms with Crippen molar-refractivity contribution in [1.29, 1.82) is 0 Å². The van der Waals surface area contributed by atoms with Crippen LogP contribution in [0.3, 0.4) is 0 Å². The number of aromatic nitrogens is 2. The van der Waals surface area contributed by atoms with E-state index < -0.39 is 12.1 Å². The summed E-state index contributed by atoms with van der Waals surface area (Å²) in [6, 6.07) is 32.3. The number of nitrogens with zero attached hydrogens (tertiary/aromatic N) is 2. The normalized spacial score (nSPS) is 15.0. The van der Waals surface area contributed by atoms with Gasteiger partial charge in [-0.25, -0.2) is 0 Å². The van der Waals surface area contributed by atoms with Crippen LogP contribution in [0.1, 0.15) is 16.4 Å². The Morgan fingerprint density at radius 1 is 0.360 bits per heavy atom. The molecule has 10 rings (SSSR count). The van der Waals surface area contributed by atoms with Crippen LogP contribution in [0, 0.1) is 0 Å². The number of hydrogen-bond donors (Lipinski definition) is 0. The summed E-state index contributed by atoms with van der Waals surface area (Å²) < 4.78 is 113. The highest BCUT2D eigenvalue weighted by molar-refractivity contribution is 6.13. The summed E-state index contributed by atoms with van der Waals surface area (Å²) in [7, 11) is 0. The third-order valence-electron chi connectivity index (χ3n) is 9.13. The fourth-order valence-electron chi connectivity index (χ4n) is 6.89. The molecule has 0 aliphatic heterocycles. The molecule has 0 fully saturated rings. The number of para-hydroxylation sites is 3. The van der Waals surface area contributed by atoms with Gasteiger partial charge in [-0.05, 0) is 82.3 Å². The molecule has 2 heterocycles. The Morgan fingerprint density at radius 2 is 1.06 bits per heavy atom. The quantitative estimate of drug-likeness (QED) is 0.176. The zero-order valence-corrected chi connectivity index (χ0v) is 26.4. The van der Waals surface area contributed by atoms with Crippen molar-refractivity contribution < 1.29 is 16.4 Å². The van der Waals surface area contributed by atoms with Gasteiger partial charge < -0.3 is 9.13 Å². The third kappa shape index (κ3) is 4.50. The number of rotatable bonds is 5. The summed E-state index contributed by atoms with van der Waals surface area (Å²) in [5, 5.41) is 0.610. The van der Waals surface area contributed by atoms with E-state index >= 15 is 0 Å². The van der Waals surface area contributed by atoms with Crippen LogP contribution in [0.2, 0.25) is 0 Å². The zero-order valence-electron chi connectivity index (χ0n) is 38.4. The van der Waals surface area contributed by atoms with Gasteiger partial charge in [-0.1, -0.05) is 139 Å². The fraction of sp³-hybridized carbons (Fsp3) is 0. The van der Waals surface area contributed by atoms with Crippen molar-refractivity contribution in [1.82, 2.24) is 9.13 Å². The number of benzene rings is 8. The summed E-state index contributed by atoms with van der Waals surface area (Å²) in [6.07, 6.45) is 0. The molecule has 0 bridgehead atoms. The standard InChI is InChI=1S/C48H32N2/c1-3-14-33(15-4-1)35-18-13-19-38(30-35)49-45-24-11-8-21-40(45)42-31-36(26-28-47(42)49)37-27-29-48-43(32-37)41-22-9-12-25-46(41)50(48)44-23-10-7-20-39(44)34-16-5-2-6-17-34/h1-32H/i8D,11D,12D,14D,19D,21D,22D,26D,27D,29D,31D,32D. The molecule has 0 spiro atoms. The highest BCUT2D eigenvalue weighted by Gasteiger charge is 2.18. The van der Waals surface area contributed by atoms with Crippen molar-refractivity contribution in [3.05, 3.63) is 194 Å². The molecule has 50 heavy (non-hydrogen) atoms. The van der Waals surface area contributed by atoms with Crippen LogP contribution in [-0.4, -0.2) is 9.13 Å². The lowest BCUT2D eigenvalue weighted by atomic mass is 10.0. The number of hydrogen-bond acceptors (Lipinski definition) is 0. The van der Waals surface area contributed by atoms with E-state index in [2.05, 4.69) is 0 Å². The van der Waals surface area contributed by atoms with E-state index in [1.54, 1.807) is 57.7 Å². The molecule has 2 aromatic heterocycles. The maximum absolute atomic E-state index is 9.85. The average Bonchev–Trinajstić information content (AvgIpc) is 3.77. The fourth-order valence-corrected chi connectivity index (χ4v) is 6.89. The van der Waals surface area contributed by atoms with Crippen molar-refractivity contribution in [2.45, 2.75) is 0 Å². The van der Waals surface area contributed by atoms with Crippen LogP contribution < -0.4 is 0 Å². The van der Waals surface area contributed by atoms with E-state index in [9.17, 15) is 6.85 Å². The predicted octanol–water partition coefficient (Wildman–Crippen LogP) is 12.9. The molecule has 8 aromatic carbocycles. The Kier molecular flexibility index (Phi) is 4.32. The molecule has 2 nitrogen and oxygen atoms in total. The van der Waals surface area contributed by atoms with Gasteiger partial charge in [0.25, 0.3) is 0 Å². The third-order valence-corrected chi connectivity index (χ3v) is 9.13. The van der Waals surface area contributed by atoms with Gasteiger partial charge in [-0.15, -0.1) is 0 Å². The van der Waals surface area contributed by atoms with Gasteiger partial charge in [0.05, 0.1) is 44.2 Å².